The monoisotopic (exact) mass is 273 g/mol. The number of amides is 1. The molecule has 1 unspecified atom stereocenters. The highest BCUT2D eigenvalue weighted by atomic mass is 35.5. The fourth-order valence-electron chi connectivity index (χ4n) is 1.40. The zero-order chi connectivity index (χ0) is 12.7. The summed E-state index contributed by atoms with van der Waals surface area (Å²) < 4.78 is 4.95. The number of nitrogens with two attached hydrogens (primary N) is 1. The molecule has 1 atom stereocenters. The lowest BCUT2D eigenvalue weighted by Crippen LogP contribution is -2.40. The Labute approximate surface area is 114 Å². The van der Waals surface area contributed by atoms with E-state index in [0.29, 0.717) is 18.8 Å². The molecule has 3 N–H and O–H groups in total. The van der Waals surface area contributed by atoms with Gasteiger partial charge in [-0.25, -0.2) is 4.98 Å². The summed E-state index contributed by atoms with van der Waals surface area (Å²) in [5.41, 5.74) is 6.61. The molecule has 0 bridgehead atoms. The van der Waals surface area contributed by atoms with Crippen LogP contribution >= 0.6 is 12.4 Å². The van der Waals surface area contributed by atoms with E-state index >= 15 is 0 Å². The standard InChI is InChI=1S/C12H19N3O2.ClH/c1-3-4-10(13)12(16)15-8-9-5-6-11(17-2)14-7-9;/h5-7,10H,3-4,8,13H2,1-2H3,(H,15,16);1H. The number of methoxy groups -OCH3 is 1. The highest BCUT2D eigenvalue weighted by molar-refractivity contribution is 5.85. The molecule has 0 aliphatic heterocycles. The molecule has 0 spiro atoms. The SMILES string of the molecule is CCCC(N)C(=O)NCc1ccc(OC)nc1.Cl. The molecule has 1 heterocycles. The maximum atomic E-state index is 11.5. The van der Waals surface area contributed by atoms with Crippen LogP contribution in [0.5, 0.6) is 5.88 Å². The zero-order valence-corrected chi connectivity index (χ0v) is 11.5. The Kier molecular flexibility index (Phi) is 8.07. The minimum atomic E-state index is -0.425. The molecule has 0 fully saturated rings. The van der Waals surface area contributed by atoms with Gasteiger partial charge in [-0.3, -0.25) is 4.79 Å². The van der Waals surface area contributed by atoms with Gasteiger partial charge in [-0.05, 0) is 12.0 Å². The van der Waals surface area contributed by atoms with Gasteiger partial charge in [0.05, 0.1) is 13.2 Å². The second-order valence-corrected chi connectivity index (χ2v) is 3.82. The van der Waals surface area contributed by atoms with Gasteiger partial charge in [-0.2, -0.15) is 0 Å². The first-order valence-corrected chi connectivity index (χ1v) is 5.69. The Morgan fingerprint density at radius 2 is 2.28 bits per heavy atom. The van der Waals surface area contributed by atoms with Gasteiger partial charge >= 0.3 is 0 Å². The number of halogens is 1. The van der Waals surface area contributed by atoms with Gasteiger partial charge in [0.25, 0.3) is 0 Å². The van der Waals surface area contributed by atoms with Crippen molar-refractivity contribution in [3.05, 3.63) is 23.9 Å². The topological polar surface area (TPSA) is 77.2 Å². The molecule has 5 nitrogen and oxygen atoms in total. The minimum absolute atomic E-state index is 0. The van der Waals surface area contributed by atoms with E-state index in [1.54, 1.807) is 19.4 Å². The molecule has 1 aromatic heterocycles. The van der Waals surface area contributed by atoms with Crippen LogP contribution in [0.1, 0.15) is 25.3 Å². The smallest absolute Gasteiger partial charge is 0.237 e. The van der Waals surface area contributed by atoms with E-state index in [9.17, 15) is 4.79 Å². The number of pyridine rings is 1. The normalized spacial score (nSPS) is 11.3. The van der Waals surface area contributed by atoms with Gasteiger partial charge in [0.15, 0.2) is 0 Å². The van der Waals surface area contributed by atoms with Crippen LogP contribution < -0.4 is 15.8 Å². The molecular formula is C12H20ClN3O2. The molecular weight excluding hydrogens is 254 g/mol. The summed E-state index contributed by atoms with van der Waals surface area (Å²) >= 11 is 0. The second kappa shape index (κ2) is 8.72. The van der Waals surface area contributed by atoms with E-state index in [0.717, 1.165) is 12.0 Å². The summed E-state index contributed by atoms with van der Waals surface area (Å²) in [5, 5.41) is 2.78. The molecule has 1 rings (SSSR count). The van der Waals surface area contributed by atoms with Crippen molar-refractivity contribution in [2.24, 2.45) is 5.73 Å². The van der Waals surface area contributed by atoms with Crippen LogP contribution in [-0.4, -0.2) is 24.0 Å². The average Bonchev–Trinajstić information content (AvgIpc) is 2.36. The zero-order valence-electron chi connectivity index (χ0n) is 10.7. The summed E-state index contributed by atoms with van der Waals surface area (Å²) in [6.07, 6.45) is 3.27. The van der Waals surface area contributed by atoms with Crippen LogP contribution in [0.15, 0.2) is 18.3 Å². The first kappa shape index (κ1) is 16.7. The number of rotatable bonds is 6. The number of carbonyl (C=O) groups is 1. The number of hydrogen-bond acceptors (Lipinski definition) is 4. The molecule has 0 saturated heterocycles. The van der Waals surface area contributed by atoms with Crippen LogP contribution in [0.3, 0.4) is 0 Å². The summed E-state index contributed by atoms with van der Waals surface area (Å²) in [7, 11) is 1.56. The van der Waals surface area contributed by atoms with Crippen molar-refractivity contribution < 1.29 is 9.53 Å². The van der Waals surface area contributed by atoms with Crippen molar-refractivity contribution in [2.75, 3.05) is 7.11 Å². The quantitative estimate of drug-likeness (QED) is 0.818. The molecule has 0 aromatic carbocycles. The second-order valence-electron chi connectivity index (χ2n) is 3.82. The van der Waals surface area contributed by atoms with Gasteiger partial charge in [-0.1, -0.05) is 19.4 Å². The average molecular weight is 274 g/mol. The summed E-state index contributed by atoms with van der Waals surface area (Å²) in [4.78, 5) is 15.6. The summed E-state index contributed by atoms with van der Waals surface area (Å²) in [5.74, 6) is 0.436. The fourth-order valence-corrected chi connectivity index (χ4v) is 1.40. The van der Waals surface area contributed by atoms with Crippen molar-refractivity contribution in [3.8, 4) is 5.88 Å². The Morgan fingerprint density at radius 1 is 1.56 bits per heavy atom. The Bertz CT molecular complexity index is 357. The van der Waals surface area contributed by atoms with E-state index in [2.05, 4.69) is 10.3 Å². The highest BCUT2D eigenvalue weighted by Crippen LogP contribution is 2.06. The predicted molar refractivity (Wildman–Crippen MR) is 72.8 cm³/mol. The molecule has 0 radical (unpaired) electrons. The molecule has 6 heteroatoms. The van der Waals surface area contributed by atoms with Crippen LogP contribution in [0.2, 0.25) is 0 Å². The Morgan fingerprint density at radius 3 is 2.78 bits per heavy atom. The lowest BCUT2D eigenvalue weighted by molar-refractivity contribution is -0.122. The highest BCUT2D eigenvalue weighted by Gasteiger charge is 2.11. The first-order valence-electron chi connectivity index (χ1n) is 5.69. The molecule has 1 aromatic rings. The molecule has 0 saturated carbocycles. The van der Waals surface area contributed by atoms with E-state index in [-0.39, 0.29) is 18.3 Å². The maximum Gasteiger partial charge on any atom is 0.237 e. The molecule has 0 aliphatic carbocycles. The Hall–Kier alpha value is -1.33. The van der Waals surface area contributed by atoms with Crippen molar-refractivity contribution in [1.82, 2.24) is 10.3 Å². The number of nitrogens with zero attached hydrogens (tertiary/aromatic N) is 1. The molecule has 18 heavy (non-hydrogen) atoms. The van der Waals surface area contributed by atoms with Gasteiger partial charge in [0, 0.05) is 18.8 Å². The Balaban J connectivity index is 0.00000289. The van der Waals surface area contributed by atoms with Crippen LogP contribution in [-0.2, 0) is 11.3 Å². The summed E-state index contributed by atoms with van der Waals surface area (Å²) in [6.45, 7) is 2.44. The fraction of sp³-hybridized carbons (Fsp3) is 0.500. The van der Waals surface area contributed by atoms with Crippen molar-refractivity contribution in [1.29, 1.82) is 0 Å². The van der Waals surface area contributed by atoms with E-state index < -0.39 is 6.04 Å². The summed E-state index contributed by atoms with van der Waals surface area (Å²) in [6, 6.07) is 3.19. The molecule has 0 aliphatic rings. The van der Waals surface area contributed by atoms with Crippen molar-refractivity contribution in [3.63, 3.8) is 0 Å². The number of nitrogens with one attached hydrogen (secondary N) is 1. The van der Waals surface area contributed by atoms with Gasteiger partial charge in [0.2, 0.25) is 11.8 Å². The van der Waals surface area contributed by atoms with Crippen LogP contribution in [0.4, 0.5) is 0 Å². The predicted octanol–water partition coefficient (Wildman–Crippen LogP) is 1.26. The first-order chi connectivity index (χ1) is 8.17. The van der Waals surface area contributed by atoms with Crippen LogP contribution in [0.25, 0.3) is 0 Å². The van der Waals surface area contributed by atoms with E-state index in [4.69, 9.17) is 10.5 Å². The maximum absolute atomic E-state index is 11.5. The number of ether oxygens (including phenoxy) is 1. The van der Waals surface area contributed by atoms with Gasteiger partial charge in [0.1, 0.15) is 0 Å². The van der Waals surface area contributed by atoms with Crippen LogP contribution in [0, 0.1) is 0 Å². The largest absolute Gasteiger partial charge is 0.481 e. The third-order valence-corrected chi connectivity index (χ3v) is 2.41. The molecule has 102 valence electrons. The van der Waals surface area contributed by atoms with Crippen molar-refractivity contribution in [2.45, 2.75) is 32.4 Å². The third kappa shape index (κ3) is 5.33. The van der Waals surface area contributed by atoms with E-state index in [1.165, 1.54) is 0 Å². The minimum Gasteiger partial charge on any atom is -0.481 e. The number of hydrogen-bond donors (Lipinski definition) is 2. The third-order valence-electron chi connectivity index (χ3n) is 2.41. The van der Waals surface area contributed by atoms with Gasteiger partial charge < -0.3 is 15.8 Å². The lowest BCUT2D eigenvalue weighted by atomic mass is 10.1. The molecule has 1 amide bonds. The van der Waals surface area contributed by atoms with Gasteiger partial charge in [-0.15, -0.1) is 12.4 Å². The van der Waals surface area contributed by atoms with E-state index in [1.807, 2.05) is 13.0 Å². The number of aromatic nitrogens is 1. The lowest BCUT2D eigenvalue weighted by Gasteiger charge is -2.11. The number of carbonyl (C=O) groups excluding carboxylic acids is 1. The van der Waals surface area contributed by atoms with Crippen molar-refractivity contribution >= 4 is 18.3 Å².